The van der Waals surface area contributed by atoms with Gasteiger partial charge in [-0.15, -0.1) is 11.3 Å². The number of carbonyl (C=O) groups excluding carboxylic acids is 1. The molecule has 2 heterocycles. The highest BCUT2D eigenvalue weighted by Gasteiger charge is 2.32. The summed E-state index contributed by atoms with van der Waals surface area (Å²) in [5.41, 5.74) is 0.695. The van der Waals surface area contributed by atoms with Crippen LogP contribution in [0.15, 0.2) is 60.0 Å². The van der Waals surface area contributed by atoms with E-state index in [1.807, 2.05) is 6.07 Å². The molecule has 1 N–H and O–H groups in total. The lowest BCUT2D eigenvalue weighted by atomic mass is 10.3. The number of thiophene rings is 1. The summed E-state index contributed by atoms with van der Waals surface area (Å²) in [4.78, 5) is 15.4. The maximum absolute atomic E-state index is 12.6. The smallest absolute Gasteiger partial charge is 0.425 e. The fraction of sp³-hybridized carbons (Fsp3) is 0.0588. The molecule has 0 atom stereocenters. The number of nitrogens with zero attached hydrogens (tertiary/aromatic N) is 1. The molecular weight excluding hydrogens is 353 g/mol. The first-order chi connectivity index (χ1) is 11.9. The van der Waals surface area contributed by atoms with Crippen molar-refractivity contribution < 1.29 is 22.7 Å². The number of para-hydroxylation sites is 1. The van der Waals surface area contributed by atoms with Crippen molar-refractivity contribution in [3.8, 4) is 11.6 Å². The molecule has 0 spiro atoms. The van der Waals surface area contributed by atoms with E-state index in [0.717, 1.165) is 6.07 Å². The van der Waals surface area contributed by atoms with Crippen LogP contribution in [0.2, 0.25) is 0 Å². The van der Waals surface area contributed by atoms with E-state index in [-0.39, 0.29) is 17.3 Å². The minimum atomic E-state index is -4.42. The monoisotopic (exact) mass is 364 g/mol. The Bertz CT molecular complexity index is 879. The number of halogens is 3. The minimum absolute atomic E-state index is 0.0189. The highest BCUT2D eigenvalue weighted by Crippen LogP contribution is 2.37. The molecule has 2 aromatic heterocycles. The summed E-state index contributed by atoms with van der Waals surface area (Å²) in [6, 6.07) is 14.2. The topological polar surface area (TPSA) is 51.2 Å². The maximum Gasteiger partial charge on any atom is 0.425 e. The van der Waals surface area contributed by atoms with Gasteiger partial charge in [-0.25, -0.2) is 4.98 Å². The van der Waals surface area contributed by atoms with Crippen molar-refractivity contribution in [1.82, 2.24) is 4.98 Å². The summed E-state index contributed by atoms with van der Waals surface area (Å²) >= 11 is 0.531. The van der Waals surface area contributed by atoms with Gasteiger partial charge in [0, 0.05) is 23.2 Å². The van der Waals surface area contributed by atoms with Crippen molar-refractivity contribution in [3.05, 3.63) is 70.5 Å². The van der Waals surface area contributed by atoms with Gasteiger partial charge in [0.1, 0.15) is 16.3 Å². The number of alkyl halides is 3. The van der Waals surface area contributed by atoms with Gasteiger partial charge < -0.3 is 10.1 Å². The van der Waals surface area contributed by atoms with Crippen LogP contribution in [0.25, 0.3) is 0 Å². The molecule has 0 unspecified atom stereocenters. The first-order valence-electron chi connectivity index (χ1n) is 7.09. The molecular formula is C17H11F3N2O2S. The fourth-order valence-electron chi connectivity index (χ4n) is 1.96. The first kappa shape index (κ1) is 17.0. The molecule has 0 bridgehead atoms. The van der Waals surface area contributed by atoms with Crippen molar-refractivity contribution in [2.75, 3.05) is 5.32 Å². The minimum Gasteiger partial charge on any atom is -0.438 e. The SMILES string of the molecule is O=C(Nc1ccccc1)c1cccc(Oc2csc(C(F)(F)F)c2)n1. The van der Waals surface area contributed by atoms with Crippen molar-refractivity contribution in [2.24, 2.45) is 0 Å². The molecule has 8 heteroatoms. The van der Waals surface area contributed by atoms with Crippen LogP contribution in [0.5, 0.6) is 11.6 Å². The second-order valence-corrected chi connectivity index (χ2v) is 5.84. The van der Waals surface area contributed by atoms with Gasteiger partial charge in [-0.3, -0.25) is 4.79 Å². The lowest BCUT2D eigenvalue weighted by Gasteiger charge is -2.06. The largest absolute Gasteiger partial charge is 0.438 e. The van der Waals surface area contributed by atoms with Gasteiger partial charge >= 0.3 is 6.18 Å². The predicted octanol–water partition coefficient (Wildman–Crippen LogP) is 5.21. The van der Waals surface area contributed by atoms with Crippen LogP contribution in [-0.2, 0) is 6.18 Å². The van der Waals surface area contributed by atoms with Gasteiger partial charge in [0.15, 0.2) is 0 Å². The molecule has 25 heavy (non-hydrogen) atoms. The molecule has 3 aromatic rings. The van der Waals surface area contributed by atoms with Crippen LogP contribution in [0, 0.1) is 0 Å². The Labute approximate surface area is 144 Å². The molecule has 0 aliphatic carbocycles. The molecule has 3 rings (SSSR count). The molecule has 0 aliphatic heterocycles. The zero-order chi connectivity index (χ0) is 17.9. The number of hydrogen-bond donors (Lipinski definition) is 1. The molecule has 0 radical (unpaired) electrons. The van der Waals surface area contributed by atoms with Crippen molar-refractivity contribution in [2.45, 2.75) is 6.18 Å². The standard InChI is InChI=1S/C17H11F3N2O2S/c18-17(19,20)14-9-12(10-25-14)24-15-8-4-7-13(22-15)16(23)21-11-5-2-1-3-6-11/h1-10H,(H,21,23). The third-order valence-electron chi connectivity index (χ3n) is 3.07. The Kier molecular flexibility index (Phi) is 4.71. The van der Waals surface area contributed by atoms with Crippen LogP contribution in [0.1, 0.15) is 15.4 Å². The fourth-order valence-corrected chi connectivity index (χ4v) is 2.63. The second-order valence-electron chi connectivity index (χ2n) is 4.93. The lowest BCUT2D eigenvalue weighted by molar-refractivity contribution is -0.134. The number of anilines is 1. The van der Waals surface area contributed by atoms with Gasteiger partial charge in [-0.05, 0) is 18.2 Å². The number of nitrogens with one attached hydrogen (secondary N) is 1. The van der Waals surface area contributed by atoms with Crippen molar-refractivity contribution in [3.63, 3.8) is 0 Å². The Morgan fingerprint density at radius 3 is 2.52 bits per heavy atom. The Morgan fingerprint density at radius 1 is 1.08 bits per heavy atom. The number of rotatable bonds is 4. The predicted molar refractivity (Wildman–Crippen MR) is 88.0 cm³/mol. The summed E-state index contributed by atoms with van der Waals surface area (Å²) < 4.78 is 43.1. The number of aromatic nitrogens is 1. The summed E-state index contributed by atoms with van der Waals surface area (Å²) in [6.07, 6.45) is -4.42. The van der Waals surface area contributed by atoms with E-state index in [4.69, 9.17) is 4.74 Å². The normalized spacial score (nSPS) is 11.2. The Hall–Kier alpha value is -2.87. The van der Waals surface area contributed by atoms with E-state index < -0.39 is 17.0 Å². The second kappa shape index (κ2) is 6.94. The van der Waals surface area contributed by atoms with Crippen LogP contribution in [-0.4, -0.2) is 10.9 Å². The number of amides is 1. The molecule has 4 nitrogen and oxygen atoms in total. The number of ether oxygens (including phenoxy) is 1. The van der Waals surface area contributed by atoms with Crippen molar-refractivity contribution >= 4 is 22.9 Å². The van der Waals surface area contributed by atoms with Gasteiger partial charge in [0.2, 0.25) is 5.88 Å². The molecule has 0 saturated heterocycles. The third-order valence-corrected chi connectivity index (χ3v) is 4.02. The molecule has 1 amide bonds. The average Bonchev–Trinajstić information content (AvgIpc) is 3.05. The Morgan fingerprint density at radius 2 is 1.84 bits per heavy atom. The third kappa shape index (κ3) is 4.36. The van der Waals surface area contributed by atoms with Gasteiger partial charge in [-0.1, -0.05) is 24.3 Å². The summed E-state index contributed by atoms with van der Waals surface area (Å²) in [5.74, 6) is -0.393. The number of pyridine rings is 1. The molecule has 128 valence electrons. The number of carbonyl (C=O) groups is 1. The first-order valence-corrected chi connectivity index (χ1v) is 7.97. The maximum atomic E-state index is 12.6. The molecule has 1 aromatic carbocycles. The van der Waals surface area contributed by atoms with E-state index in [1.54, 1.807) is 30.3 Å². The quantitative estimate of drug-likeness (QED) is 0.692. The molecule has 0 saturated carbocycles. The molecule has 0 fully saturated rings. The van der Waals surface area contributed by atoms with Crippen LogP contribution in [0.4, 0.5) is 18.9 Å². The summed E-state index contributed by atoms with van der Waals surface area (Å²) in [5, 5.41) is 3.91. The van der Waals surface area contributed by atoms with Crippen LogP contribution in [0.3, 0.4) is 0 Å². The van der Waals surface area contributed by atoms with Gasteiger partial charge in [0.05, 0.1) is 0 Å². The summed E-state index contributed by atoms with van der Waals surface area (Å²) in [7, 11) is 0. The average molecular weight is 364 g/mol. The van der Waals surface area contributed by atoms with E-state index in [9.17, 15) is 18.0 Å². The Balaban J connectivity index is 1.73. The van der Waals surface area contributed by atoms with E-state index >= 15 is 0 Å². The zero-order valence-electron chi connectivity index (χ0n) is 12.6. The number of benzene rings is 1. The number of hydrogen-bond acceptors (Lipinski definition) is 4. The molecule has 0 aliphatic rings. The van der Waals surface area contributed by atoms with E-state index in [1.165, 1.54) is 17.5 Å². The highest BCUT2D eigenvalue weighted by atomic mass is 32.1. The van der Waals surface area contributed by atoms with E-state index in [2.05, 4.69) is 10.3 Å². The zero-order valence-corrected chi connectivity index (χ0v) is 13.4. The lowest BCUT2D eigenvalue weighted by Crippen LogP contribution is -2.13. The van der Waals surface area contributed by atoms with Crippen LogP contribution >= 0.6 is 11.3 Å². The van der Waals surface area contributed by atoms with Gasteiger partial charge in [0.25, 0.3) is 5.91 Å². The highest BCUT2D eigenvalue weighted by molar-refractivity contribution is 7.10. The van der Waals surface area contributed by atoms with Crippen molar-refractivity contribution in [1.29, 1.82) is 0 Å². The summed E-state index contributed by atoms with van der Waals surface area (Å²) in [6.45, 7) is 0. The van der Waals surface area contributed by atoms with Gasteiger partial charge in [-0.2, -0.15) is 13.2 Å². The van der Waals surface area contributed by atoms with Crippen LogP contribution < -0.4 is 10.1 Å². The van der Waals surface area contributed by atoms with E-state index in [0.29, 0.717) is 17.0 Å².